The van der Waals surface area contributed by atoms with Crippen molar-refractivity contribution in [2.45, 2.75) is 25.6 Å². The van der Waals surface area contributed by atoms with Crippen LogP contribution < -0.4 is 10.1 Å². The summed E-state index contributed by atoms with van der Waals surface area (Å²) in [7, 11) is -2.36. The number of nitrogens with zero attached hydrogens (tertiary/aromatic N) is 2. The Morgan fingerprint density at radius 3 is 2.47 bits per heavy atom. The van der Waals surface area contributed by atoms with Crippen LogP contribution in [0.1, 0.15) is 41.4 Å². The number of rotatable bonds is 9. The topological polar surface area (TPSA) is 107 Å². The molecule has 0 bridgehead atoms. The fraction of sp³-hybridized carbons (Fsp3) is 0.261. The highest BCUT2D eigenvalue weighted by Gasteiger charge is 2.21. The Balaban J connectivity index is 1.65. The zero-order valence-electron chi connectivity index (χ0n) is 18.1. The summed E-state index contributed by atoms with van der Waals surface area (Å²) in [6.07, 6.45) is 5.20. The van der Waals surface area contributed by atoms with Crippen molar-refractivity contribution in [3.05, 3.63) is 77.9 Å². The molecule has 1 N–H and O–H groups in total. The van der Waals surface area contributed by atoms with Crippen molar-refractivity contribution < 1.29 is 22.7 Å². The number of Topliss-reactive ketones (excluding diaryl/α,β-unsaturated/α-hetero) is 1. The van der Waals surface area contributed by atoms with Gasteiger partial charge in [0.05, 0.1) is 25.2 Å². The normalized spacial score (nSPS) is 12.2. The Bertz CT molecular complexity index is 1200. The van der Waals surface area contributed by atoms with E-state index in [0.29, 0.717) is 16.9 Å². The number of methoxy groups -OCH3 is 1. The maximum atomic E-state index is 12.6. The second-order valence-corrected chi connectivity index (χ2v) is 9.53. The predicted molar refractivity (Wildman–Crippen MR) is 121 cm³/mol. The van der Waals surface area contributed by atoms with Crippen LogP contribution in [-0.4, -0.2) is 42.5 Å². The fourth-order valence-electron chi connectivity index (χ4n) is 3.31. The van der Waals surface area contributed by atoms with E-state index in [1.165, 1.54) is 20.1 Å². The Morgan fingerprint density at radius 1 is 1.16 bits per heavy atom. The van der Waals surface area contributed by atoms with E-state index in [-0.39, 0.29) is 11.8 Å². The lowest BCUT2D eigenvalue weighted by Gasteiger charge is -2.16. The average Bonchev–Trinajstić information content (AvgIpc) is 3.27. The highest BCUT2D eigenvalue weighted by molar-refractivity contribution is 7.91. The first-order chi connectivity index (χ1) is 15.2. The molecule has 9 heteroatoms. The highest BCUT2D eigenvalue weighted by atomic mass is 32.2. The first-order valence-corrected chi connectivity index (χ1v) is 11.8. The zero-order chi connectivity index (χ0) is 23.3. The zero-order valence-corrected chi connectivity index (χ0v) is 18.9. The molecule has 1 atom stereocenters. The van der Waals surface area contributed by atoms with Gasteiger partial charge >= 0.3 is 0 Å². The maximum Gasteiger partial charge on any atom is 0.235 e. The van der Waals surface area contributed by atoms with Crippen molar-refractivity contribution in [2.75, 3.05) is 12.9 Å². The van der Waals surface area contributed by atoms with Crippen molar-refractivity contribution >= 4 is 21.5 Å². The number of amides is 1. The molecule has 1 heterocycles. The van der Waals surface area contributed by atoms with E-state index >= 15 is 0 Å². The monoisotopic (exact) mass is 455 g/mol. The molecule has 0 saturated carbocycles. The van der Waals surface area contributed by atoms with E-state index in [9.17, 15) is 18.0 Å². The first-order valence-electron chi connectivity index (χ1n) is 9.94. The molecule has 8 nitrogen and oxygen atoms in total. The second kappa shape index (κ2) is 9.78. The number of hydrogen-bond acceptors (Lipinski definition) is 6. The van der Waals surface area contributed by atoms with Crippen molar-refractivity contribution in [1.29, 1.82) is 0 Å². The van der Waals surface area contributed by atoms with E-state index < -0.39 is 27.3 Å². The van der Waals surface area contributed by atoms with Crippen LogP contribution in [0.2, 0.25) is 0 Å². The van der Waals surface area contributed by atoms with E-state index in [4.69, 9.17) is 4.74 Å². The third-order valence-corrected chi connectivity index (χ3v) is 6.44. The van der Waals surface area contributed by atoms with Gasteiger partial charge in [-0.3, -0.25) is 9.59 Å². The molecule has 0 aliphatic rings. The quantitative estimate of drug-likeness (QED) is 0.497. The first kappa shape index (κ1) is 23.2. The van der Waals surface area contributed by atoms with Crippen LogP contribution >= 0.6 is 0 Å². The third-order valence-electron chi connectivity index (χ3n) is 4.99. The summed E-state index contributed by atoms with van der Waals surface area (Å²) in [5.74, 6) is -1.50. The van der Waals surface area contributed by atoms with E-state index in [1.54, 1.807) is 31.6 Å². The van der Waals surface area contributed by atoms with Gasteiger partial charge in [0.1, 0.15) is 11.5 Å². The van der Waals surface area contributed by atoms with Crippen LogP contribution in [0.15, 0.2) is 61.2 Å². The van der Waals surface area contributed by atoms with Crippen LogP contribution in [0.3, 0.4) is 0 Å². The standard InChI is InChI=1S/C23H25N3O5S/c1-16(18-4-7-21(8-5-18)26-11-10-24-15-26)25-23(28)14-32(29,30)13-20-12-19(17(2)27)6-9-22(20)31-3/h4-12,15-16H,13-14H2,1-3H3,(H,25,28). The predicted octanol–water partition coefficient (Wildman–Crippen LogP) is 2.88. The number of carbonyl (C=O) groups excluding carboxylic acids is 2. The number of benzene rings is 2. The summed E-state index contributed by atoms with van der Waals surface area (Å²) in [5, 5.41) is 2.73. The molecule has 0 fully saturated rings. The average molecular weight is 456 g/mol. The molecule has 0 radical (unpaired) electrons. The number of nitrogens with one attached hydrogen (secondary N) is 1. The molecule has 2 aromatic carbocycles. The molecular formula is C23H25N3O5S. The number of sulfone groups is 1. The molecule has 1 aromatic heterocycles. The van der Waals surface area contributed by atoms with E-state index in [2.05, 4.69) is 10.3 Å². The molecule has 3 aromatic rings. The molecular weight excluding hydrogens is 430 g/mol. The molecule has 168 valence electrons. The lowest BCUT2D eigenvalue weighted by molar-refractivity contribution is -0.119. The summed E-state index contributed by atoms with van der Waals surface area (Å²) in [6.45, 7) is 3.19. The van der Waals surface area contributed by atoms with Crippen molar-refractivity contribution in [1.82, 2.24) is 14.9 Å². The van der Waals surface area contributed by atoms with Gasteiger partial charge in [0, 0.05) is 29.2 Å². The van der Waals surface area contributed by atoms with Crippen molar-refractivity contribution in [3.63, 3.8) is 0 Å². The summed E-state index contributed by atoms with van der Waals surface area (Å²) in [6, 6.07) is 11.8. The van der Waals surface area contributed by atoms with Gasteiger partial charge in [0.25, 0.3) is 0 Å². The van der Waals surface area contributed by atoms with Crippen molar-refractivity contribution in [3.8, 4) is 11.4 Å². The molecule has 0 saturated heterocycles. The smallest absolute Gasteiger partial charge is 0.235 e. The molecule has 1 unspecified atom stereocenters. The fourth-order valence-corrected chi connectivity index (χ4v) is 4.60. The lowest BCUT2D eigenvalue weighted by Crippen LogP contribution is -2.32. The van der Waals surface area contributed by atoms with E-state index in [1.807, 2.05) is 35.0 Å². The Kier molecular flexibility index (Phi) is 7.09. The van der Waals surface area contributed by atoms with Crippen molar-refractivity contribution in [2.24, 2.45) is 0 Å². The van der Waals surface area contributed by atoms with Crippen LogP contribution in [0.25, 0.3) is 5.69 Å². The Hall–Kier alpha value is -3.46. The highest BCUT2D eigenvalue weighted by Crippen LogP contribution is 2.23. The molecule has 1 amide bonds. The number of carbonyl (C=O) groups is 2. The number of aromatic nitrogens is 2. The summed E-state index contributed by atoms with van der Waals surface area (Å²) < 4.78 is 32.4. The third kappa shape index (κ3) is 5.82. The Morgan fingerprint density at radius 2 is 1.88 bits per heavy atom. The summed E-state index contributed by atoms with van der Waals surface area (Å²) >= 11 is 0. The maximum absolute atomic E-state index is 12.6. The number of imidazole rings is 1. The SMILES string of the molecule is COc1ccc(C(C)=O)cc1CS(=O)(=O)CC(=O)NC(C)c1ccc(-n2ccnc2)cc1. The largest absolute Gasteiger partial charge is 0.496 e. The molecule has 0 aliphatic carbocycles. The molecule has 0 aliphatic heterocycles. The van der Waals surface area contributed by atoms with Gasteiger partial charge in [0.15, 0.2) is 15.6 Å². The number of ketones is 1. The van der Waals surface area contributed by atoms with E-state index in [0.717, 1.165) is 11.3 Å². The summed E-state index contributed by atoms with van der Waals surface area (Å²) in [5.41, 5.74) is 2.49. The molecule has 32 heavy (non-hydrogen) atoms. The lowest BCUT2D eigenvalue weighted by atomic mass is 10.1. The minimum atomic E-state index is -3.79. The summed E-state index contributed by atoms with van der Waals surface area (Å²) in [4.78, 5) is 28.1. The van der Waals surface area contributed by atoms with Crippen LogP contribution in [0.4, 0.5) is 0 Å². The number of ether oxygens (including phenoxy) is 1. The van der Waals surface area contributed by atoms with Gasteiger partial charge in [-0.25, -0.2) is 13.4 Å². The second-order valence-electron chi connectivity index (χ2n) is 7.47. The van der Waals surface area contributed by atoms with Gasteiger partial charge in [-0.05, 0) is 49.7 Å². The van der Waals surface area contributed by atoms with Gasteiger partial charge in [-0.1, -0.05) is 12.1 Å². The van der Waals surface area contributed by atoms with Gasteiger partial charge in [-0.15, -0.1) is 0 Å². The number of hydrogen-bond donors (Lipinski definition) is 1. The van der Waals surface area contributed by atoms with Gasteiger partial charge in [0.2, 0.25) is 5.91 Å². The molecule has 0 spiro atoms. The molecule has 3 rings (SSSR count). The van der Waals surface area contributed by atoms with Crippen LogP contribution in [0, 0.1) is 0 Å². The van der Waals surface area contributed by atoms with Crippen LogP contribution in [-0.2, 0) is 20.4 Å². The van der Waals surface area contributed by atoms with Gasteiger partial charge < -0.3 is 14.6 Å². The van der Waals surface area contributed by atoms with Gasteiger partial charge in [-0.2, -0.15) is 0 Å². The minimum absolute atomic E-state index is 0.183. The minimum Gasteiger partial charge on any atom is -0.496 e. The van der Waals surface area contributed by atoms with Crippen LogP contribution in [0.5, 0.6) is 5.75 Å². The Labute approximate surface area is 187 Å².